The first-order valence-electron chi connectivity index (χ1n) is 8.97. The molecule has 0 atom stereocenters. The van der Waals surface area contributed by atoms with E-state index >= 15 is 0 Å². The van der Waals surface area contributed by atoms with Crippen LogP contribution in [0.4, 0.5) is 5.82 Å². The minimum atomic E-state index is -0.272. The smallest absolute Gasteiger partial charge is 0.257 e. The molecule has 4 aromatic rings. The molecule has 0 bridgehead atoms. The van der Waals surface area contributed by atoms with Crippen molar-refractivity contribution in [3.8, 4) is 0 Å². The van der Waals surface area contributed by atoms with Gasteiger partial charge in [0.25, 0.3) is 5.91 Å². The van der Waals surface area contributed by atoms with Crippen LogP contribution in [0.2, 0.25) is 0 Å². The zero-order valence-electron chi connectivity index (χ0n) is 15.6. The van der Waals surface area contributed by atoms with Crippen LogP contribution in [0.15, 0.2) is 46.9 Å². The molecule has 1 amide bonds. The Balaban J connectivity index is 1.90. The quantitative estimate of drug-likeness (QED) is 0.508. The fourth-order valence-electron chi connectivity index (χ4n) is 2.85. The van der Waals surface area contributed by atoms with E-state index in [1.807, 2.05) is 55.6 Å². The molecular weight excluding hydrogens is 372 g/mol. The van der Waals surface area contributed by atoms with Gasteiger partial charge in [-0.15, -0.1) is 11.3 Å². The number of nitrogens with two attached hydrogens (primary N) is 1. The van der Waals surface area contributed by atoms with E-state index in [4.69, 9.17) is 5.73 Å². The number of amides is 1. The fourth-order valence-corrected chi connectivity index (χ4v) is 3.43. The number of benzene rings is 1. The molecule has 0 unspecified atom stereocenters. The lowest BCUT2D eigenvalue weighted by atomic mass is 10.2. The van der Waals surface area contributed by atoms with Crippen molar-refractivity contribution in [3.05, 3.63) is 52.2 Å². The zero-order chi connectivity index (χ0) is 19.7. The molecule has 3 N–H and O–H groups in total. The summed E-state index contributed by atoms with van der Waals surface area (Å²) in [5, 5.41) is 9.36. The maximum absolute atomic E-state index is 12.8. The second-order valence-electron chi connectivity index (χ2n) is 6.82. The number of rotatable bonds is 5. The summed E-state index contributed by atoms with van der Waals surface area (Å²) in [6.07, 6.45) is 1.70. The third-order valence-corrected chi connectivity index (χ3v) is 5.02. The van der Waals surface area contributed by atoms with Gasteiger partial charge in [-0.2, -0.15) is 9.78 Å². The van der Waals surface area contributed by atoms with Crippen LogP contribution in [0, 0.1) is 5.92 Å². The molecule has 7 nitrogen and oxygen atoms in total. The van der Waals surface area contributed by atoms with Gasteiger partial charge in [0.1, 0.15) is 16.9 Å². The molecule has 0 radical (unpaired) electrons. The Morgan fingerprint density at radius 3 is 2.68 bits per heavy atom. The van der Waals surface area contributed by atoms with Crippen molar-refractivity contribution in [1.82, 2.24) is 20.0 Å². The predicted octanol–water partition coefficient (Wildman–Crippen LogP) is 3.50. The largest absolute Gasteiger partial charge is 0.383 e. The molecule has 8 heteroatoms. The number of carbonyl (C=O) groups is 1. The average Bonchev–Trinajstić information content (AvgIpc) is 3.28. The van der Waals surface area contributed by atoms with Crippen molar-refractivity contribution in [1.29, 1.82) is 0 Å². The number of hydrogen-bond acceptors (Lipinski definition) is 6. The number of nitrogens with zero attached hydrogens (tertiary/aromatic N) is 4. The average molecular weight is 392 g/mol. The third-order valence-electron chi connectivity index (χ3n) is 4.22. The highest BCUT2D eigenvalue weighted by molar-refractivity contribution is 7.11. The summed E-state index contributed by atoms with van der Waals surface area (Å²) in [4.78, 5) is 23.1. The second-order valence-corrected chi connectivity index (χ2v) is 7.80. The molecule has 3 aromatic heterocycles. The van der Waals surface area contributed by atoms with Gasteiger partial charge in [0.2, 0.25) is 0 Å². The molecule has 0 saturated carbocycles. The molecule has 4 rings (SSSR count). The van der Waals surface area contributed by atoms with E-state index in [1.165, 1.54) is 4.68 Å². The number of thiophene rings is 1. The van der Waals surface area contributed by atoms with Crippen molar-refractivity contribution < 1.29 is 4.79 Å². The first-order valence-corrected chi connectivity index (χ1v) is 9.85. The van der Waals surface area contributed by atoms with E-state index < -0.39 is 0 Å². The monoisotopic (exact) mass is 392 g/mol. The minimum Gasteiger partial charge on any atom is -0.383 e. The number of fused-ring (bicyclic) bond motifs is 2. The molecule has 1 aromatic carbocycles. The molecule has 28 heavy (non-hydrogen) atoms. The lowest BCUT2D eigenvalue weighted by Crippen LogP contribution is -2.28. The van der Waals surface area contributed by atoms with Crippen LogP contribution in [0.3, 0.4) is 0 Å². The standard InChI is InChI=1S/C20H20N6OS/c1-12(2)10-22-20(27)16-17-19(25-15-8-4-3-7-14(15)24-17)26(18(16)21)23-11-13-6-5-9-28-13/h3-9,11-12H,10,21H2,1-2H3,(H,22,27)/b23-11+. The summed E-state index contributed by atoms with van der Waals surface area (Å²) in [6, 6.07) is 11.4. The Labute approximate surface area is 165 Å². The Kier molecular flexibility index (Phi) is 4.79. The molecule has 0 aliphatic rings. The maximum Gasteiger partial charge on any atom is 0.257 e. The van der Waals surface area contributed by atoms with Crippen molar-refractivity contribution >= 4 is 51.5 Å². The normalized spacial score (nSPS) is 11.8. The van der Waals surface area contributed by atoms with Crippen LogP contribution in [0.25, 0.3) is 22.2 Å². The van der Waals surface area contributed by atoms with E-state index in [9.17, 15) is 4.79 Å². The summed E-state index contributed by atoms with van der Waals surface area (Å²) < 4.78 is 1.48. The molecule has 142 valence electrons. The molecule has 0 saturated heterocycles. The predicted molar refractivity (Wildman–Crippen MR) is 114 cm³/mol. The number of nitrogens with one attached hydrogen (secondary N) is 1. The molecule has 0 aliphatic carbocycles. The van der Waals surface area contributed by atoms with E-state index in [-0.39, 0.29) is 11.7 Å². The van der Waals surface area contributed by atoms with Crippen LogP contribution >= 0.6 is 11.3 Å². The zero-order valence-corrected chi connectivity index (χ0v) is 16.4. The van der Waals surface area contributed by atoms with Gasteiger partial charge in [-0.1, -0.05) is 32.0 Å². The number of nitrogen functional groups attached to an aromatic ring is 1. The van der Waals surface area contributed by atoms with Crippen LogP contribution < -0.4 is 11.1 Å². The third kappa shape index (κ3) is 3.34. The highest BCUT2D eigenvalue weighted by atomic mass is 32.1. The Hall–Kier alpha value is -3.26. The minimum absolute atomic E-state index is 0.222. The Bertz CT molecular complexity index is 1180. The van der Waals surface area contributed by atoms with Gasteiger partial charge in [0.05, 0.1) is 17.2 Å². The first kappa shape index (κ1) is 18.1. The summed E-state index contributed by atoms with van der Waals surface area (Å²) in [5.74, 6) is 0.271. The highest BCUT2D eigenvalue weighted by Crippen LogP contribution is 2.27. The maximum atomic E-state index is 12.8. The van der Waals surface area contributed by atoms with Gasteiger partial charge >= 0.3 is 0 Å². The number of anilines is 1. The van der Waals surface area contributed by atoms with Gasteiger partial charge < -0.3 is 11.1 Å². The van der Waals surface area contributed by atoms with Crippen LogP contribution in [-0.4, -0.2) is 33.3 Å². The van der Waals surface area contributed by atoms with E-state index in [1.54, 1.807) is 17.6 Å². The Morgan fingerprint density at radius 2 is 2.00 bits per heavy atom. The summed E-state index contributed by atoms with van der Waals surface area (Å²) in [5.41, 5.74) is 8.96. The van der Waals surface area contributed by atoms with Gasteiger partial charge in [0.15, 0.2) is 5.65 Å². The summed E-state index contributed by atoms with van der Waals surface area (Å²) >= 11 is 1.56. The lowest BCUT2D eigenvalue weighted by molar-refractivity contribution is 0.0951. The fraction of sp³-hybridized carbons (Fsp3) is 0.200. The number of hydrogen-bond donors (Lipinski definition) is 2. The van der Waals surface area contributed by atoms with E-state index in [0.29, 0.717) is 40.2 Å². The molecule has 0 spiro atoms. The first-order chi connectivity index (χ1) is 13.5. The molecule has 0 fully saturated rings. The van der Waals surface area contributed by atoms with Crippen LogP contribution in [0.1, 0.15) is 29.1 Å². The van der Waals surface area contributed by atoms with E-state index in [2.05, 4.69) is 20.4 Å². The number of carbonyl (C=O) groups excluding carboxylic acids is 1. The van der Waals surface area contributed by atoms with Gasteiger partial charge in [-0.3, -0.25) is 4.79 Å². The number of para-hydroxylation sites is 2. The van der Waals surface area contributed by atoms with Gasteiger partial charge in [0, 0.05) is 11.4 Å². The van der Waals surface area contributed by atoms with Gasteiger partial charge in [-0.05, 0) is 29.5 Å². The summed E-state index contributed by atoms with van der Waals surface area (Å²) in [7, 11) is 0. The van der Waals surface area contributed by atoms with Crippen molar-refractivity contribution in [2.24, 2.45) is 11.0 Å². The highest BCUT2D eigenvalue weighted by Gasteiger charge is 2.24. The summed E-state index contributed by atoms with van der Waals surface area (Å²) in [6.45, 7) is 4.61. The van der Waals surface area contributed by atoms with Crippen molar-refractivity contribution in [3.63, 3.8) is 0 Å². The number of aromatic nitrogens is 3. The molecular formula is C20H20N6OS. The lowest BCUT2D eigenvalue weighted by Gasteiger charge is -2.07. The molecule has 0 aliphatic heterocycles. The Morgan fingerprint density at radius 1 is 1.25 bits per heavy atom. The van der Waals surface area contributed by atoms with Crippen molar-refractivity contribution in [2.75, 3.05) is 12.3 Å². The molecule has 3 heterocycles. The van der Waals surface area contributed by atoms with Crippen LogP contribution in [0.5, 0.6) is 0 Å². The topological polar surface area (TPSA) is 98.2 Å². The van der Waals surface area contributed by atoms with Crippen LogP contribution in [-0.2, 0) is 0 Å². The van der Waals surface area contributed by atoms with Crippen molar-refractivity contribution in [2.45, 2.75) is 13.8 Å². The van der Waals surface area contributed by atoms with E-state index in [0.717, 1.165) is 4.88 Å². The second kappa shape index (κ2) is 7.40. The SMILES string of the molecule is CC(C)CNC(=O)c1c(N)n(/N=C/c2cccs2)c2nc3ccccc3nc12. The van der Waals surface area contributed by atoms with Gasteiger partial charge in [-0.25, -0.2) is 9.97 Å².